The predicted molar refractivity (Wildman–Crippen MR) is 142 cm³/mol. The number of imidazole rings is 1. The Hall–Kier alpha value is -3.47. The molecular formula is C25H38N10O. The molecule has 3 aromatic rings. The smallest absolute Gasteiger partial charge is 0.243 e. The van der Waals surface area contributed by atoms with Gasteiger partial charge in [-0.15, -0.1) is 5.10 Å². The Morgan fingerprint density at radius 1 is 1.25 bits per heavy atom. The van der Waals surface area contributed by atoms with E-state index < -0.39 is 12.9 Å². The van der Waals surface area contributed by atoms with Crippen molar-refractivity contribution in [1.82, 2.24) is 34.4 Å². The third kappa shape index (κ3) is 5.84. The number of carbonyl (C=O) groups is 1. The number of fused-ring (bicyclic) bond motifs is 1. The van der Waals surface area contributed by atoms with Gasteiger partial charge in [0.2, 0.25) is 11.9 Å². The number of piperazine rings is 1. The third-order valence-corrected chi connectivity index (χ3v) is 6.25. The van der Waals surface area contributed by atoms with Gasteiger partial charge in [-0.2, -0.15) is 4.98 Å². The predicted octanol–water partition coefficient (Wildman–Crippen LogP) is 1.81. The highest BCUT2D eigenvalue weighted by atomic mass is 16.2. The summed E-state index contributed by atoms with van der Waals surface area (Å²) >= 11 is 0. The molecule has 0 saturated carbocycles. The molecule has 11 nitrogen and oxygen atoms in total. The summed E-state index contributed by atoms with van der Waals surface area (Å²) in [6.45, 7) is 6.33. The van der Waals surface area contributed by atoms with Gasteiger partial charge in [0.15, 0.2) is 11.5 Å². The van der Waals surface area contributed by atoms with E-state index in [2.05, 4.69) is 38.3 Å². The van der Waals surface area contributed by atoms with Gasteiger partial charge in [0.05, 0.1) is 18.4 Å². The van der Waals surface area contributed by atoms with E-state index in [4.69, 9.17) is 13.5 Å². The molecule has 3 aromatic heterocycles. The van der Waals surface area contributed by atoms with Crippen molar-refractivity contribution in [1.29, 1.82) is 0 Å². The van der Waals surface area contributed by atoms with Crippen molar-refractivity contribution in [3.8, 4) is 0 Å². The van der Waals surface area contributed by atoms with Gasteiger partial charge in [-0.05, 0) is 45.4 Å². The summed E-state index contributed by atoms with van der Waals surface area (Å²) in [6, 6.07) is 1.73. The van der Waals surface area contributed by atoms with Crippen LogP contribution in [0.25, 0.3) is 5.65 Å². The lowest BCUT2D eigenvalue weighted by atomic mass is 10.1. The van der Waals surface area contributed by atoms with Crippen molar-refractivity contribution < 1.29 is 7.54 Å². The fourth-order valence-corrected chi connectivity index (χ4v) is 4.48. The number of nitrogen functional groups attached to an aromatic ring is 1. The van der Waals surface area contributed by atoms with Crippen molar-refractivity contribution in [3.05, 3.63) is 35.3 Å². The van der Waals surface area contributed by atoms with Crippen LogP contribution in [0.5, 0.6) is 0 Å². The zero-order valence-electron chi connectivity index (χ0n) is 23.6. The number of rotatable bonds is 9. The van der Waals surface area contributed by atoms with Crippen molar-refractivity contribution in [2.45, 2.75) is 46.0 Å². The average molecular weight is 497 g/mol. The minimum absolute atomic E-state index is 0.158. The Balaban J connectivity index is 1.47. The number of aromatic nitrogens is 5. The van der Waals surface area contributed by atoms with Crippen LogP contribution in [0.4, 0.5) is 17.6 Å². The highest BCUT2D eigenvalue weighted by Gasteiger charge is 2.23. The largest absolute Gasteiger partial charge is 0.380 e. The number of nitrogens with two attached hydrogens (primary N) is 1. The van der Waals surface area contributed by atoms with Gasteiger partial charge >= 0.3 is 0 Å². The minimum atomic E-state index is -1.05. The number of carbonyl (C=O) groups excluding carboxylic acids is 1. The molecule has 11 heteroatoms. The number of anilines is 3. The fourth-order valence-electron chi connectivity index (χ4n) is 4.48. The second-order valence-corrected chi connectivity index (χ2v) is 9.61. The monoisotopic (exact) mass is 496 g/mol. The van der Waals surface area contributed by atoms with Gasteiger partial charge in [0.1, 0.15) is 5.82 Å². The van der Waals surface area contributed by atoms with Gasteiger partial charge in [-0.25, -0.2) is 14.5 Å². The van der Waals surface area contributed by atoms with E-state index >= 15 is 0 Å². The first kappa shape index (κ1) is 23.0. The van der Waals surface area contributed by atoms with Crippen LogP contribution in [0, 0.1) is 6.92 Å². The molecule has 0 radical (unpaired) electrons. The van der Waals surface area contributed by atoms with E-state index in [1.54, 1.807) is 10.7 Å². The second kappa shape index (κ2) is 11.1. The number of hydrogen-bond donors (Lipinski definition) is 2. The Kier molecular flexibility index (Phi) is 7.06. The molecule has 3 N–H and O–H groups in total. The molecule has 0 aliphatic carbocycles. The SMILES string of the molecule is [2H]C([2H])[C@H](CCC)Nc1nc(N)c2ncc(Cc3cnc(N4CCN(C(=O)CN(C)C)CC4)c(C)c3)n2n1. The lowest BCUT2D eigenvalue weighted by Crippen LogP contribution is -2.51. The summed E-state index contributed by atoms with van der Waals surface area (Å²) in [5.74, 6) is 1.62. The second-order valence-electron chi connectivity index (χ2n) is 9.61. The molecule has 4 heterocycles. The summed E-state index contributed by atoms with van der Waals surface area (Å²) in [5.41, 5.74) is 9.54. The van der Waals surface area contributed by atoms with Crippen LogP contribution in [0.1, 0.15) is 46.2 Å². The van der Waals surface area contributed by atoms with E-state index in [1.165, 1.54) is 0 Å². The number of amides is 1. The molecule has 0 aromatic carbocycles. The van der Waals surface area contributed by atoms with E-state index in [-0.39, 0.29) is 17.7 Å². The van der Waals surface area contributed by atoms with Crippen molar-refractivity contribution >= 4 is 29.1 Å². The first-order valence-electron chi connectivity index (χ1n) is 13.6. The summed E-state index contributed by atoms with van der Waals surface area (Å²) in [6.07, 6.45) is 5.66. The Morgan fingerprint density at radius 3 is 2.69 bits per heavy atom. The van der Waals surface area contributed by atoms with Crippen LogP contribution in [0.15, 0.2) is 18.5 Å². The molecule has 0 spiro atoms. The van der Waals surface area contributed by atoms with Crippen molar-refractivity contribution in [2.24, 2.45) is 0 Å². The molecule has 36 heavy (non-hydrogen) atoms. The van der Waals surface area contributed by atoms with Gasteiger partial charge in [0.25, 0.3) is 0 Å². The molecule has 1 aliphatic heterocycles. The number of likely N-dealkylation sites (N-methyl/N-ethyl adjacent to an activating group) is 1. The molecular weight excluding hydrogens is 456 g/mol. The van der Waals surface area contributed by atoms with Crippen molar-refractivity contribution in [2.75, 3.05) is 62.8 Å². The first-order chi connectivity index (χ1) is 18.2. The molecule has 0 unspecified atom stereocenters. The standard InChI is InChI=1S/C25H38N10O/c1-6-7-18(3)29-25-30-22(26)24-28-15-20(35(24)31-25)13-19-12-17(2)23(27-14-19)34-10-8-33(9-11-34)21(36)16-32(4)5/h12,14-15,18H,6-11,13,16H2,1-5H3,(H3,26,29,30,31)/t18-/m1/s1/i3D2. The lowest BCUT2D eigenvalue weighted by molar-refractivity contribution is -0.132. The zero-order chi connectivity index (χ0) is 27.4. The summed E-state index contributed by atoms with van der Waals surface area (Å²) in [4.78, 5) is 31.9. The van der Waals surface area contributed by atoms with Gasteiger partial charge < -0.3 is 25.8 Å². The van der Waals surface area contributed by atoms with E-state index in [0.717, 1.165) is 42.1 Å². The molecule has 0 bridgehead atoms. The van der Waals surface area contributed by atoms with Crippen LogP contribution < -0.4 is 16.0 Å². The highest BCUT2D eigenvalue weighted by Crippen LogP contribution is 2.22. The van der Waals surface area contributed by atoms with Crippen LogP contribution in [0.2, 0.25) is 0 Å². The van der Waals surface area contributed by atoms with E-state index in [1.807, 2.05) is 37.0 Å². The lowest BCUT2D eigenvalue weighted by Gasteiger charge is -2.36. The van der Waals surface area contributed by atoms with Gasteiger partial charge in [-0.1, -0.05) is 19.4 Å². The number of nitrogens with zero attached hydrogens (tertiary/aromatic N) is 8. The Bertz CT molecular complexity index is 1260. The molecule has 1 aliphatic rings. The van der Waals surface area contributed by atoms with E-state index in [0.29, 0.717) is 38.1 Å². The zero-order valence-corrected chi connectivity index (χ0v) is 21.6. The molecule has 1 saturated heterocycles. The van der Waals surface area contributed by atoms with Crippen LogP contribution in [-0.4, -0.2) is 93.1 Å². The number of pyridine rings is 1. The number of nitrogens with one attached hydrogen (secondary N) is 1. The Labute approximate surface area is 215 Å². The van der Waals surface area contributed by atoms with Gasteiger partial charge in [-0.3, -0.25) is 4.79 Å². The summed E-state index contributed by atoms with van der Waals surface area (Å²) < 4.78 is 17.3. The quantitative estimate of drug-likeness (QED) is 0.457. The third-order valence-electron chi connectivity index (χ3n) is 6.25. The molecule has 1 amide bonds. The molecule has 1 atom stereocenters. The Morgan fingerprint density at radius 2 is 2.03 bits per heavy atom. The van der Waals surface area contributed by atoms with E-state index in [9.17, 15) is 4.79 Å². The van der Waals surface area contributed by atoms with Crippen molar-refractivity contribution in [3.63, 3.8) is 0 Å². The normalized spacial score (nSPS) is 15.9. The molecule has 1 fully saturated rings. The fraction of sp³-hybridized carbons (Fsp3) is 0.560. The average Bonchev–Trinajstić information content (AvgIpc) is 3.26. The molecule has 194 valence electrons. The topological polar surface area (TPSA) is 121 Å². The molecule has 4 rings (SSSR count). The maximum absolute atomic E-state index is 12.4. The maximum Gasteiger partial charge on any atom is 0.243 e. The van der Waals surface area contributed by atoms with Crippen LogP contribution in [0.3, 0.4) is 0 Å². The number of hydrogen-bond acceptors (Lipinski definition) is 9. The number of aryl methyl sites for hydroxylation is 1. The minimum Gasteiger partial charge on any atom is -0.380 e. The van der Waals surface area contributed by atoms with Gasteiger partial charge in [0, 0.05) is 47.6 Å². The first-order valence-corrected chi connectivity index (χ1v) is 12.4. The highest BCUT2D eigenvalue weighted by molar-refractivity contribution is 5.78. The maximum atomic E-state index is 12.4. The summed E-state index contributed by atoms with van der Waals surface area (Å²) in [7, 11) is 3.81. The van der Waals surface area contributed by atoms with Crippen LogP contribution in [-0.2, 0) is 11.2 Å². The summed E-state index contributed by atoms with van der Waals surface area (Å²) in [5, 5.41) is 7.67. The van der Waals surface area contributed by atoms with Crippen LogP contribution >= 0.6 is 0 Å².